The largest absolute Gasteiger partial charge is 0.261 e. The van der Waals surface area contributed by atoms with Crippen molar-refractivity contribution in [1.82, 2.24) is 4.98 Å². The molecule has 82 valence electrons. The number of pyridine rings is 1. The molecule has 2 rings (SSSR count). The Labute approximate surface area is 98.2 Å². The van der Waals surface area contributed by atoms with E-state index in [2.05, 4.69) is 20.9 Å². The minimum Gasteiger partial charge on any atom is -0.261 e. The molecule has 1 aliphatic rings. The highest BCUT2D eigenvalue weighted by molar-refractivity contribution is 9.09. The molecule has 0 aliphatic heterocycles. The van der Waals surface area contributed by atoms with Gasteiger partial charge in [0.2, 0.25) is 0 Å². The highest BCUT2D eigenvalue weighted by atomic mass is 79.9. The Bertz CT molecular complexity index is 368. The van der Waals surface area contributed by atoms with E-state index in [1.807, 2.05) is 26.0 Å². The van der Waals surface area contributed by atoms with E-state index >= 15 is 0 Å². The van der Waals surface area contributed by atoms with E-state index in [0.29, 0.717) is 6.42 Å². The van der Waals surface area contributed by atoms with Gasteiger partial charge in [-0.1, -0.05) is 28.9 Å². The molecule has 1 saturated carbocycles. The molecule has 1 heterocycles. The molecule has 0 amide bonds. The molecule has 1 aromatic rings. The number of alkyl halides is 2. The van der Waals surface area contributed by atoms with Crippen molar-refractivity contribution >= 4 is 15.9 Å². The van der Waals surface area contributed by atoms with Crippen LogP contribution in [0.5, 0.6) is 0 Å². The predicted molar refractivity (Wildman–Crippen MR) is 63.0 cm³/mol. The van der Waals surface area contributed by atoms with Crippen LogP contribution in [-0.2, 0) is 6.42 Å². The third kappa shape index (κ3) is 2.07. The summed E-state index contributed by atoms with van der Waals surface area (Å²) >= 11 is 3.59. The van der Waals surface area contributed by atoms with Gasteiger partial charge in [-0.3, -0.25) is 4.98 Å². The molecule has 3 heteroatoms. The first-order chi connectivity index (χ1) is 7.04. The maximum Gasteiger partial charge on any atom is 0.107 e. The fourth-order valence-electron chi connectivity index (χ4n) is 1.79. The van der Waals surface area contributed by atoms with Crippen molar-refractivity contribution in [2.45, 2.75) is 37.7 Å². The molecule has 0 aromatic carbocycles. The van der Waals surface area contributed by atoms with E-state index in [9.17, 15) is 4.39 Å². The summed E-state index contributed by atoms with van der Waals surface area (Å²) in [6.45, 7) is 4.04. The molecule has 1 fully saturated rings. The Kier molecular flexibility index (Phi) is 2.84. The van der Waals surface area contributed by atoms with Crippen molar-refractivity contribution in [2.24, 2.45) is 5.41 Å². The van der Waals surface area contributed by atoms with E-state index in [4.69, 9.17) is 0 Å². The molecular formula is C12H15BrFN. The summed E-state index contributed by atoms with van der Waals surface area (Å²) in [6, 6.07) is 3.98. The number of halogens is 2. The Balaban J connectivity index is 2.07. The number of aryl methyl sites for hydroxylation is 1. The smallest absolute Gasteiger partial charge is 0.107 e. The fourth-order valence-corrected chi connectivity index (χ4v) is 2.57. The molecule has 1 nitrogen and oxygen atoms in total. The molecular weight excluding hydrogens is 257 g/mol. The SMILES string of the molecule is Cc1cccnc1CC(Br)C1(C)CC1F. The Morgan fingerprint density at radius 3 is 2.93 bits per heavy atom. The van der Waals surface area contributed by atoms with Crippen molar-refractivity contribution < 1.29 is 4.39 Å². The minimum atomic E-state index is -0.647. The van der Waals surface area contributed by atoms with Gasteiger partial charge in [0.15, 0.2) is 0 Å². The van der Waals surface area contributed by atoms with Gasteiger partial charge in [0.25, 0.3) is 0 Å². The Morgan fingerprint density at radius 1 is 1.73 bits per heavy atom. The highest BCUT2D eigenvalue weighted by Gasteiger charge is 2.55. The van der Waals surface area contributed by atoms with Gasteiger partial charge < -0.3 is 0 Å². The molecule has 0 saturated heterocycles. The molecule has 0 N–H and O–H groups in total. The topological polar surface area (TPSA) is 12.9 Å². The lowest BCUT2D eigenvalue weighted by Gasteiger charge is -2.17. The van der Waals surface area contributed by atoms with E-state index in [-0.39, 0.29) is 10.2 Å². The summed E-state index contributed by atoms with van der Waals surface area (Å²) in [5, 5.41) is 0. The zero-order valence-electron chi connectivity index (χ0n) is 9.00. The number of nitrogens with zero attached hydrogens (tertiary/aromatic N) is 1. The van der Waals surface area contributed by atoms with Crippen LogP contribution in [0.4, 0.5) is 4.39 Å². The van der Waals surface area contributed by atoms with E-state index in [0.717, 1.165) is 12.1 Å². The van der Waals surface area contributed by atoms with Crippen molar-refractivity contribution in [3.05, 3.63) is 29.6 Å². The third-order valence-electron chi connectivity index (χ3n) is 3.38. The first-order valence-corrected chi connectivity index (χ1v) is 6.14. The summed E-state index contributed by atoms with van der Waals surface area (Å²) in [5.41, 5.74) is 2.07. The lowest BCUT2D eigenvalue weighted by Crippen LogP contribution is -2.18. The zero-order chi connectivity index (χ0) is 11.1. The van der Waals surface area contributed by atoms with Gasteiger partial charge in [0, 0.05) is 28.6 Å². The average molecular weight is 272 g/mol. The normalized spacial score (nSPS) is 31.3. The standard InChI is InChI=1S/C12H15BrFN/c1-8-4-3-5-15-9(8)6-10(13)12(2)7-11(12)14/h3-5,10-11H,6-7H2,1-2H3. The van der Waals surface area contributed by atoms with Gasteiger partial charge >= 0.3 is 0 Å². The van der Waals surface area contributed by atoms with Crippen molar-refractivity contribution in [3.63, 3.8) is 0 Å². The number of rotatable bonds is 3. The Hall–Kier alpha value is -0.440. The van der Waals surface area contributed by atoms with Crippen LogP contribution < -0.4 is 0 Å². The van der Waals surface area contributed by atoms with Gasteiger partial charge in [-0.05, 0) is 25.0 Å². The van der Waals surface area contributed by atoms with E-state index in [1.54, 1.807) is 6.20 Å². The zero-order valence-corrected chi connectivity index (χ0v) is 10.6. The van der Waals surface area contributed by atoms with Gasteiger partial charge in [-0.15, -0.1) is 0 Å². The molecule has 15 heavy (non-hydrogen) atoms. The predicted octanol–water partition coefficient (Wildman–Crippen LogP) is 3.44. The van der Waals surface area contributed by atoms with Gasteiger partial charge in [-0.25, -0.2) is 4.39 Å². The summed E-state index contributed by atoms with van der Waals surface area (Å²) in [4.78, 5) is 4.52. The lowest BCUT2D eigenvalue weighted by atomic mass is 9.99. The molecule has 0 spiro atoms. The van der Waals surface area contributed by atoms with Gasteiger partial charge in [0.1, 0.15) is 6.17 Å². The van der Waals surface area contributed by atoms with Crippen LogP contribution in [0.15, 0.2) is 18.3 Å². The Morgan fingerprint density at radius 2 is 2.40 bits per heavy atom. The van der Waals surface area contributed by atoms with Crippen LogP contribution in [0, 0.1) is 12.3 Å². The fraction of sp³-hybridized carbons (Fsp3) is 0.583. The van der Waals surface area contributed by atoms with Crippen molar-refractivity contribution in [2.75, 3.05) is 0 Å². The first kappa shape index (κ1) is 11.1. The number of hydrogen-bond donors (Lipinski definition) is 0. The van der Waals surface area contributed by atoms with Crippen LogP contribution >= 0.6 is 15.9 Å². The van der Waals surface area contributed by atoms with E-state index in [1.165, 1.54) is 5.56 Å². The highest BCUT2D eigenvalue weighted by Crippen LogP contribution is 2.54. The second-order valence-corrected chi connectivity index (χ2v) is 5.72. The third-order valence-corrected chi connectivity index (χ3v) is 4.75. The molecule has 0 bridgehead atoms. The van der Waals surface area contributed by atoms with Crippen LogP contribution in [0.2, 0.25) is 0 Å². The van der Waals surface area contributed by atoms with Crippen LogP contribution in [-0.4, -0.2) is 16.0 Å². The lowest BCUT2D eigenvalue weighted by molar-refractivity contribution is 0.370. The van der Waals surface area contributed by atoms with Crippen LogP contribution in [0.3, 0.4) is 0 Å². The van der Waals surface area contributed by atoms with Crippen LogP contribution in [0.25, 0.3) is 0 Å². The second kappa shape index (κ2) is 3.85. The molecule has 1 aliphatic carbocycles. The van der Waals surface area contributed by atoms with Crippen molar-refractivity contribution in [3.8, 4) is 0 Å². The second-order valence-electron chi connectivity index (χ2n) is 4.62. The van der Waals surface area contributed by atoms with Crippen molar-refractivity contribution in [1.29, 1.82) is 0 Å². The first-order valence-electron chi connectivity index (χ1n) is 5.22. The molecule has 3 atom stereocenters. The molecule has 0 radical (unpaired) electrons. The van der Waals surface area contributed by atoms with Gasteiger partial charge in [-0.2, -0.15) is 0 Å². The quantitative estimate of drug-likeness (QED) is 0.768. The number of hydrogen-bond acceptors (Lipinski definition) is 1. The van der Waals surface area contributed by atoms with Gasteiger partial charge in [0.05, 0.1) is 0 Å². The maximum atomic E-state index is 13.2. The summed E-state index contributed by atoms with van der Waals surface area (Å²) in [7, 11) is 0. The summed E-state index contributed by atoms with van der Waals surface area (Å²) in [5.74, 6) is 0. The monoisotopic (exact) mass is 271 g/mol. The minimum absolute atomic E-state index is 0.177. The average Bonchev–Trinajstić information content (AvgIpc) is 2.80. The maximum absolute atomic E-state index is 13.2. The van der Waals surface area contributed by atoms with E-state index < -0.39 is 6.17 Å². The van der Waals surface area contributed by atoms with Crippen LogP contribution in [0.1, 0.15) is 24.6 Å². The number of aromatic nitrogens is 1. The molecule has 1 aromatic heterocycles. The summed E-state index contributed by atoms with van der Waals surface area (Å²) in [6.07, 6.45) is 2.63. The molecule has 3 unspecified atom stereocenters. The summed E-state index contributed by atoms with van der Waals surface area (Å²) < 4.78 is 13.2.